The minimum Gasteiger partial charge on any atom is -0.380 e. The fraction of sp³-hybridized carbons (Fsp3) is 0.100. The molecular weight excluding hydrogens is 317 g/mol. The Morgan fingerprint density at radius 1 is 1.04 bits per heavy atom. The number of carbonyl (C=O) groups excluding carboxylic acids is 1. The zero-order valence-electron chi connectivity index (χ0n) is 13.8. The van der Waals surface area contributed by atoms with Crippen LogP contribution in [0.5, 0.6) is 0 Å². The maximum absolute atomic E-state index is 13.7. The Morgan fingerprint density at radius 3 is 2.68 bits per heavy atom. The van der Waals surface area contributed by atoms with Crippen LogP contribution in [0.1, 0.15) is 21.5 Å². The van der Waals surface area contributed by atoms with Crippen LogP contribution >= 0.6 is 0 Å². The van der Waals surface area contributed by atoms with Crippen LogP contribution in [0.2, 0.25) is 0 Å². The standard InChI is InChI=1S/C20H18FN3O/c1-14-5-4-7-17(9-14)24-20(25)16-10-18(13-22-11-16)23-12-15-6-2-3-8-19(15)21/h2-11,13,23H,12H2,1H3,(H,24,25). The number of nitrogens with one attached hydrogen (secondary N) is 2. The first-order valence-corrected chi connectivity index (χ1v) is 7.92. The van der Waals surface area contributed by atoms with Crippen LogP contribution < -0.4 is 10.6 Å². The Labute approximate surface area is 145 Å². The molecule has 0 spiro atoms. The van der Waals surface area contributed by atoms with Crippen LogP contribution in [0.3, 0.4) is 0 Å². The van der Waals surface area contributed by atoms with E-state index in [-0.39, 0.29) is 11.7 Å². The van der Waals surface area contributed by atoms with Crippen molar-refractivity contribution in [3.8, 4) is 0 Å². The summed E-state index contributed by atoms with van der Waals surface area (Å²) in [6, 6.07) is 15.8. The molecule has 2 N–H and O–H groups in total. The van der Waals surface area contributed by atoms with Crippen molar-refractivity contribution in [3.63, 3.8) is 0 Å². The number of carbonyl (C=O) groups is 1. The molecule has 3 rings (SSSR count). The highest BCUT2D eigenvalue weighted by Gasteiger charge is 2.08. The molecule has 0 aliphatic carbocycles. The lowest BCUT2D eigenvalue weighted by Gasteiger charge is -2.09. The van der Waals surface area contributed by atoms with Gasteiger partial charge in [0.15, 0.2) is 0 Å². The van der Waals surface area contributed by atoms with Crippen molar-refractivity contribution < 1.29 is 9.18 Å². The molecule has 0 saturated carbocycles. The largest absolute Gasteiger partial charge is 0.380 e. The molecule has 1 amide bonds. The van der Waals surface area contributed by atoms with Crippen molar-refractivity contribution in [2.45, 2.75) is 13.5 Å². The third-order valence-corrected chi connectivity index (χ3v) is 3.72. The number of hydrogen-bond acceptors (Lipinski definition) is 3. The number of nitrogens with zero attached hydrogens (tertiary/aromatic N) is 1. The molecular formula is C20H18FN3O. The quantitative estimate of drug-likeness (QED) is 0.727. The molecule has 4 nitrogen and oxygen atoms in total. The molecule has 0 atom stereocenters. The number of aromatic nitrogens is 1. The van der Waals surface area contributed by atoms with Gasteiger partial charge in [0, 0.05) is 30.2 Å². The van der Waals surface area contributed by atoms with E-state index in [4.69, 9.17) is 0 Å². The zero-order valence-corrected chi connectivity index (χ0v) is 13.8. The maximum atomic E-state index is 13.7. The van der Waals surface area contributed by atoms with E-state index in [0.29, 0.717) is 23.4 Å². The third-order valence-electron chi connectivity index (χ3n) is 3.72. The molecule has 126 valence electrons. The van der Waals surface area contributed by atoms with Gasteiger partial charge in [0.05, 0.1) is 11.3 Å². The fourth-order valence-electron chi connectivity index (χ4n) is 2.43. The highest BCUT2D eigenvalue weighted by atomic mass is 19.1. The number of halogens is 1. The highest BCUT2D eigenvalue weighted by Crippen LogP contribution is 2.15. The lowest BCUT2D eigenvalue weighted by molar-refractivity contribution is 0.102. The SMILES string of the molecule is Cc1cccc(NC(=O)c2cncc(NCc3ccccc3F)c2)c1. The van der Waals surface area contributed by atoms with Gasteiger partial charge < -0.3 is 10.6 Å². The van der Waals surface area contributed by atoms with Gasteiger partial charge in [-0.2, -0.15) is 0 Å². The van der Waals surface area contributed by atoms with Crippen LogP contribution in [0, 0.1) is 12.7 Å². The second-order valence-corrected chi connectivity index (χ2v) is 5.73. The molecule has 1 heterocycles. The van der Waals surface area contributed by atoms with Crippen molar-refractivity contribution in [3.05, 3.63) is 89.5 Å². The van der Waals surface area contributed by atoms with E-state index >= 15 is 0 Å². The Balaban J connectivity index is 1.68. The lowest BCUT2D eigenvalue weighted by Crippen LogP contribution is -2.13. The number of pyridine rings is 1. The molecule has 3 aromatic rings. The molecule has 0 bridgehead atoms. The van der Waals surface area contributed by atoms with Gasteiger partial charge in [-0.25, -0.2) is 4.39 Å². The first kappa shape index (κ1) is 16.6. The topological polar surface area (TPSA) is 54.0 Å². The fourth-order valence-corrected chi connectivity index (χ4v) is 2.43. The van der Waals surface area contributed by atoms with E-state index in [1.54, 1.807) is 30.5 Å². The average molecular weight is 335 g/mol. The van der Waals surface area contributed by atoms with Gasteiger partial charge in [0.1, 0.15) is 5.82 Å². The maximum Gasteiger partial charge on any atom is 0.257 e. The monoisotopic (exact) mass is 335 g/mol. The number of hydrogen-bond donors (Lipinski definition) is 2. The molecule has 5 heteroatoms. The van der Waals surface area contributed by atoms with Crippen LogP contribution in [0.25, 0.3) is 0 Å². The first-order chi connectivity index (χ1) is 12.1. The van der Waals surface area contributed by atoms with E-state index in [0.717, 1.165) is 11.3 Å². The van der Waals surface area contributed by atoms with Crippen LogP contribution in [-0.2, 0) is 6.54 Å². The van der Waals surface area contributed by atoms with Gasteiger partial charge in [0.25, 0.3) is 5.91 Å². The van der Waals surface area contributed by atoms with E-state index in [1.807, 2.05) is 31.2 Å². The summed E-state index contributed by atoms with van der Waals surface area (Å²) in [5.74, 6) is -0.510. The number of amides is 1. The summed E-state index contributed by atoms with van der Waals surface area (Å²) in [4.78, 5) is 16.4. The van der Waals surface area contributed by atoms with Crippen molar-refractivity contribution in [2.24, 2.45) is 0 Å². The Bertz CT molecular complexity index is 895. The number of aryl methyl sites for hydroxylation is 1. The summed E-state index contributed by atoms with van der Waals surface area (Å²) < 4.78 is 13.7. The minimum atomic E-state index is -0.267. The molecule has 0 unspecified atom stereocenters. The lowest BCUT2D eigenvalue weighted by atomic mass is 10.2. The molecule has 1 aromatic heterocycles. The van der Waals surface area contributed by atoms with Gasteiger partial charge in [0.2, 0.25) is 0 Å². The van der Waals surface area contributed by atoms with Gasteiger partial charge >= 0.3 is 0 Å². The molecule has 0 fully saturated rings. The summed E-state index contributed by atoms with van der Waals surface area (Å²) in [6.45, 7) is 2.28. The number of rotatable bonds is 5. The third kappa shape index (κ3) is 4.41. The van der Waals surface area contributed by atoms with Crippen molar-refractivity contribution in [2.75, 3.05) is 10.6 Å². The number of benzene rings is 2. The summed E-state index contributed by atoms with van der Waals surface area (Å²) in [5, 5.41) is 5.93. The van der Waals surface area contributed by atoms with Crippen LogP contribution in [0.15, 0.2) is 67.0 Å². The van der Waals surface area contributed by atoms with Crippen LogP contribution in [-0.4, -0.2) is 10.9 Å². The normalized spacial score (nSPS) is 10.3. The average Bonchev–Trinajstić information content (AvgIpc) is 2.61. The minimum absolute atomic E-state index is 0.243. The van der Waals surface area contributed by atoms with Crippen molar-refractivity contribution in [1.82, 2.24) is 4.98 Å². The summed E-state index contributed by atoms with van der Waals surface area (Å²) >= 11 is 0. The number of anilines is 2. The Kier molecular flexibility index (Phi) is 5.04. The van der Waals surface area contributed by atoms with E-state index in [9.17, 15) is 9.18 Å². The molecule has 0 aliphatic rings. The Hall–Kier alpha value is -3.21. The van der Waals surface area contributed by atoms with Crippen LogP contribution in [0.4, 0.5) is 15.8 Å². The smallest absolute Gasteiger partial charge is 0.257 e. The summed E-state index contributed by atoms with van der Waals surface area (Å²) in [5.41, 5.74) is 3.43. The second-order valence-electron chi connectivity index (χ2n) is 5.73. The van der Waals surface area contributed by atoms with E-state index in [1.165, 1.54) is 12.3 Å². The zero-order chi connectivity index (χ0) is 17.6. The van der Waals surface area contributed by atoms with Gasteiger partial charge in [-0.3, -0.25) is 9.78 Å². The predicted molar refractivity (Wildman–Crippen MR) is 97.1 cm³/mol. The van der Waals surface area contributed by atoms with Gasteiger partial charge in [-0.1, -0.05) is 30.3 Å². The molecule has 0 radical (unpaired) electrons. The molecule has 0 saturated heterocycles. The summed E-state index contributed by atoms with van der Waals surface area (Å²) in [6.07, 6.45) is 3.10. The van der Waals surface area contributed by atoms with Crippen molar-refractivity contribution in [1.29, 1.82) is 0 Å². The van der Waals surface area contributed by atoms with Crippen molar-refractivity contribution >= 4 is 17.3 Å². The molecule has 25 heavy (non-hydrogen) atoms. The first-order valence-electron chi connectivity index (χ1n) is 7.92. The molecule has 0 aliphatic heterocycles. The summed E-state index contributed by atoms with van der Waals surface area (Å²) in [7, 11) is 0. The Morgan fingerprint density at radius 2 is 1.88 bits per heavy atom. The second kappa shape index (κ2) is 7.57. The molecule has 2 aromatic carbocycles. The predicted octanol–water partition coefficient (Wildman–Crippen LogP) is 4.39. The van der Waals surface area contributed by atoms with Gasteiger partial charge in [-0.05, 0) is 36.8 Å². The van der Waals surface area contributed by atoms with E-state index in [2.05, 4.69) is 15.6 Å². The highest BCUT2D eigenvalue weighted by molar-refractivity contribution is 6.04. The van der Waals surface area contributed by atoms with Gasteiger partial charge in [-0.15, -0.1) is 0 Å². The van der Waals surface area contributed by atoms with E-state index < -0.39 is 0 Å².